The number of aryl methyl sites for hydroxylation is 1. The van der Waals surface area contributed by atoms with Crippen molar-refractivity contribution in [1.82, 2.24) is 5.48 Å². The van der Waals surface area contributed by atoms with Crippen molar-refractivity contribution in [2.75, 3.05) is 13.1 Å². The molecule has 0 atom stereocenters. The Bertz CT molecular complexity index is 297. The maximum atomic E-state index is 5.48. The van der Waals surface area contributed by atoms with Crippen LogP contribution < -0.4 is 11.2 Å². The first-order chi connectivity index (χ1) is 9.33. The summed E-state index contributed by atoms with van der Waals surface area (Å²) in [6.45, 7) is 3.70. The number of hydrogen-bond acceptors (Lipinski definition) is 3. The van der Waals surface area contributed by atoms with Gasteiger partial charge in [0.15, 0.2) is 0 Å². The highest BCUT2D eigenvalue weighted by molar-refractivity contribution is 5.11. The highest BCUT2D eigenvalue weighted by Gasteiger charge is 2.13. The van der Waals surface area contributed by atoms with Crippen molar-refractivity contribution < 1.29 is 4.84 Å². The van der Waals surface area contributed by atoms with E-state index in [9.17, 15) is 0 Å². The summed E-state index contributed by atoms with van der Waals surface area (Å²) in [4.78, 5) is 5.48. The Morgan fingerprint density at radius 3 is 2.37 bits per heavy atom. The predicted octanol–water partition coefficient (Wildman–Crippen LogP) is 3.18. The maximum Gasteiger partial charge on any atom is 0.0790 e. The van der Waals surface area contributed by atoms with E-state index in [0.29, 0.717) is 6.10 Å². The molecule has 0 radical (unpaired) electrons. The van der Waals surface area contributed by atoms with Crippen molar-refractivity contribution in [3.63, 3.8) is 0 Å². The molecule has 1 aliphatic rings. The number of benzene rings is 1. The topological polar surface area (TPSA) is 47.3 Å². The van der Waals surface area contributed by atoms with E-state index in [0.717, 1.165) is 19.5 Å². The minimum Gasteiger partial charge on any atom is -0.330 e. The summed E-state index contributed by atoms with van der Waals surface area (Å²) in [7, 11) is 0. The van der Waals surface area contributed by atoms with E-state index in [1.54, 1.807) is 0 Å². The number of nitrogens with one attached hydrogen (secondary N) is 1. The van der Waals surface area contributed by atoms with Gasteiger partial charge < -0.3 is 5.73 Å². The van der Waals surface area contributed by atoms with Gasteiger partial charge in [-0.2, -0.15) is 0 Å². The van der Waals surface area contributed by atoms with Crippen molar-refractivity contribution >= 4 is 0 Å². The lowest BCUT2D eigenvalue weighted by Gasteiger charge is -2.21. The Morgan fingerprint density at radius 2 is 1.84 bits per heavy atom. The fourth-order valence-electron chi connectivity index (χ4n) is 2.07. The molecule has 0 saturated heterocycles. The van der Waals surface area contributed by atoms with Crippen molar-refractivity contribution in [2.24, 2.45) is 5.73 Å². The van der Waals surface area contributed by atoms with E-state index in [2.05, 4.69) is 24.5 Å². The first-order valence-electron chi connectivity index (χ1n) is 7.43. The number of rotatable bonds is 5. The summed E-state index contributed by atoms with van der Waals surface area (Å²) in [5, 5.41) is 0. The van der Waals surface area contributed by atoms with Crippen LogP contribution in [-0.4, -0.2) is 19.2 Å². The summed E-state index contributed by atoms with van der Waals surface area (Å²) in [6, 6.07) is 10.3. The van der Waals surface area contributed by atoms with Crippen molar-refractivity contribution in [1.29, 1.82) is 0 Å². The Hall–Kier alpha value is -0.900. The minimum atomic E-state index is 0.455. The minimum absolute atomic E-state index is 0.455. The molecule has 0 bridgehead atoms. The average molecular weight is 264 g/mol. The van der Waals surface area contributed by atoms with Gasteiger partial charge in [-0.1, -0.05) is 55.2 Å². The molecule has 1 aromatic rings. The van der Waals surface area contributed by atoms with Crippen LogP contribution in [0, 0.1) is 6.92 Å². The molecule has 1 saturated carbocycles. The molecule has 0 aromatic heterocycles. The second-order valence-corrected chi connectivity index (χ2v) is 5.07. The molecule has 0 heterocycles. The lowest BCUT2D eigenvalue weighted by molar-refractivity contribution is -0.0417. The quantitative estimate of drug-likeness (QED) is 0.634. The largest absolute Gasteiger partial charge is 0.330 e. The fourth-order valence-corrected chi connectivity index (χ4v) is 2.07. The monoisotopic (exact) mass is 264 g/mol. The van der Waals surface area contributed by atoms with E-state index < -0.39 is 0 Å². The molecule has 1 aromatic carbocycles. The molecule has 3 N–H and O–H groups in total. The highest BCUT2D eigenvalue weighted by atomic mass is 16.7. The fraction of sp³-hybridized carbons (Fsp3) is 0.625. The zero-order chi connectivity index (χ0) is 13.8. The molecule has 19 heavy (non-hydrogen) atoms. The predicted molar refractivity (Wildman–Crippen MR) is 80.8 cm³/mol. The van der Waals surface area contributed by atoms with Gasteiger partial charge in [-0.25, -0.2) is 5.48 Å². The molecule has 108 valence electrons. The Balaban J connectivity index is 0.000000218. The summed E-state index contributed by atoms with van der Waals surface area (Å²) < 4.78 is 0. The van der Waals surface area contributed by atoms with Crippen LogP contribution in [0.15, 0.2) is 30.3 Å². The van der Waals surface area contributed by atoms with Gasteiger partial charge in [0, 0.05) is 6.54 Å². The molecule has 3 heteroatoms. The van der Waals surface area contributed by atoms with E-state index >= 15 is 0 Å². The smallest absolute Gasteiger partial charge is 0.0790 e. The Labute approximate surface area is 117 Å². The number of nitrogens with two attached hydrogens (primary N) is 1. The summed E-state index contributed by atoms with van der Waals surface area (Å²) >= 11 is 0. The molecule has 3 nitrogen and oxygen atoms in total. The van der Waals surface area contributed by atoms with Crippen LogP contribution in [0.2, 0.25) is 0 Å². The second kappa shape index (κ2) is 11.0. The molecule has 0 unspecified atom stereocenters. The van der Waals surface area contributed by atoms with E-state index in [4.69, 9.17) is 10.6 Å². The molecule has 0 aliphatic heterocycles. The van der Waals surface area contributed by atoms with Crippen LogP contribution >= 0.6 is 0 Å². The van der Waals surface area contributed by atoms with Crippen LogP contribution in [0.4, 0.5) is 0 Å². The first kappa shape index (κ1) is 16.2. The van der Waals surface area contributed by atoms with E-state index in [1.807, 2.05) is 18.2 Å². The first-order valence-corrected chi connectivity index (χ1v) is 7.43. The standard InChI is InChI=1S/C9H20N2O.C7H8/c10-7-4-8-11-12-9-5-2-1-3-6-9;1-7-5-3-2-4-6-7/h9,11H,1-8,10H2;2-6H,1H3. The molecule has 1 aliphatic carbocycles. The van der Waals surface area contributed by atoms with Gasteiger partial charge in [0.2, 0.25) is 0 Å². The average Bonchev–Trinajstić information content (AvgIpc) is 2.46. The van der Waals surface area contributed by atoms with Crippen LogP contribution in [0.5, 0.6) is 0 Å². The Morgan fingerprint density at radius 1 is 1.16 bits per heavy atom. The summed E-state index contributed by atoms with van der Waals surface area (Å²) in [6.07, 6.45) is 7.91. The van der Waals surface area contributed by atoms with Crippen molar-refractivity contribution in [3.8, 4) is 0 Å². The number of hydroxylamine groups is 1. The van der Waals surface area contributed by atoms with E-state index in [-0.39, 0.29) is 0 Å². The third kappa shape index (κ3) is 8.76. The van der Waals surface area contributed by atoms with Crippen molar-refractivity contribution in [3.05, 3.63) is 35.9 Å². The van der Waals surface area contributed by atoms with Crippen LogP contribution in [0.1, 0.15) is 44.1 Å². The van der Waals surface area contributed by atoms with Gasteiger partial charge in [0.25, 0.3) is 0 Å². The number of hydrogen-bond donors (Lipinski definition) is 2. The van der Waals surface area contributed by atoms with Crippen LogP contribution in [-0.2, 0) is 4.84 Å². The highest BCUT2D eigenvalue weighted by Crippen LogP contribution is 2.19. The van der Waals surface area contributed by atoms with Gasteiger partial charge in [-0.3, -0.25) is 4.84 Å². The molecular weight excluding hydrogens is 236 g/mol. The molecular formula is C16H28N2O. The van der Waals surface area contributed by atoms with Gasteiger partial charge in [0.05, 0.1) is 6.10 Å². The molecule has 0 spiro atoms. The van der Waals surface area contributed by atoms with E-state index in [1.165, 1.54) is 37.7 Å². The maximum absolute atomic E-state index is 5.48. The van der Waals surface area contributed by atoms with Crippen molar-refractivity contribution in [2.45, 2.75) is 51.6 Å². The lowest BCUT2D eigenvalue weighted by atomic mass is 9.98. The molecule has 2 rings (SSSR count). The zero-order valence-corrected chi connectivity index (χ0v) is 12.1. The summed E-state index contributed by atoms with van der Waals surface area (Å²) in [5.74, 6) is 0. The van der Waals surface area contributed by atoms with Gasteiger partial charge >= 0.3 is 0 Å². The molecule has 1 fully saturated rings. The van der Waals surface area contributed by atoms with Gasteiger partial charge in [0.1, 0.15) is 0 Å². The SMILES string of the molecule is Cc1ccccc1.NCCCNOC1CCCCC1. The molecule has 0 amide bonds. The normalized spacial score (nSPS) is 15.7. The third-order valence-corrected chi connectivity index (χ3v) is 3.23. The third-order valence-electron chi connectivity index (χ3n) is 3.23. The van der Waals surface area contributed by atoms with Gasteiger partial charge in [-0.05, 0) is 32.7 Å². The second-order valence-electron chi connectivity index (χ2n) is 5.07. The van der Waals surface area contributed by atoms with Crippen LogP contribution in [0.3, 0.4) is 0 Å². The van der Waals surface area contributed by atoms with Crippen LogP contribution in [0.25, 0.3) is 0 Å². The zero-order valence-electron chi connectivity index (χ0n) is 12.1. The lowest BCUT2D eigenvalue weighted by Crippen LogP contribution is -2.27. The summed E-state index contributed by atoms with van der Waals surface area (Å²) in [5.41, 5.74) is 9.65. The Kier molecular flexibility index (Phi) is 9.33. The van der Waals surface area contributed by atoms with Gasteiger partial charge in [-0.15, -0.1) is 0 Å².